The number of thiophene rings is 1. The molecule has 0 saturated heterocycles. The minimum atomic E-state index is 0. The Morgan fingerprint density at radius 3 is 2.76 bits per heavy atom. The molecular formula is C18H27IN4OS. The number of hydrogen-bond donors (Lipinski definition) is 2. The molecule has 0 saturated carbocycles. The Morgan fingerprint density at radius 2 is 2.12 bits per heavy atom. The summed E-state index contributed by atoms with van der Waals surface area (Å²) in [5.74, 6) is 1.44. The molecule has 5 nitrogen and oxygen atoms in total. The van der Waals surface area contributed by atoms with Gasteiger partial charge in [-0.1, -0.05) is 19.9 Å². The Morgan fingerprint density at radius 1 is 1.32 bits per heavy atom. The highest BCUT2D eigenvalue weighted by Gasteiger charge is 2.21. The minimum absolute atomic E-state index is 0. The number of aromatic nitrogens is 1. The molecule has 2 rings (SSSR count). The number of halogens is 1. The summed E-state index contributed by atoms with van der Waals surface area (Å²) in [7, 11) is 1.78. The van der Waals surface area contributed by atoms with E-state index in [2.05, 4.69) is 52.0 Å². The molecule has 25 heavy (non-hydrogen) atoms. The molecule has 0 atom stereocenters. The second-order valence-corrected chi connectivity index (χ2v) is 7.02. The van der Waals surface area contributed by atoms with Crippen molar-refractivity contribution in [2.75, 3.05) is 20.2 Å². The van der Waals surface area contributed by atoms with Gasteiger partial charge in [-0.25, -0.2) is 4.98 Å². The molecule has 0 aliphatic heterocycles. The smallest absolute Gasteiger partial charge is 0.213 e. The zero-order valence-electron chi connectivity index (χ0n) is 15.2. The van der Waals surface area contributed by atoms with Gasteiger partial charge in [-0.15, -0.1) is 35.3 Å². The summed E-state index contributed by atoms with van der Waals surface area (Å²) in [6, 6.07) is 8.18. The fraction of sp³-hybridized carbons (Fsp3) is 0.444. The van der Waals surface area contributed by atoms with Gasteiger partial charge >= 0.3 is 0 Å². The van der Waals surface area contributed by atoms with E-state index < -0.39 is 0 Å². The van der Waals surface area contributed by atoms with Crippen LogP contribution < -0.4 is 15.4 Å². The number of guanidine groups is 1. The van der Waals surface area contributed by atoms with E-state index in [4.69, 9.17) is 4.74 Å². The van der Waals surface area contributed by atoms with Crippen LogP contribution in [0.2, 0.25) is 0 Å². The van der Waals surface area contributed by atoms with Gasteiger partial charge in [-0.2, -0.15) is 0 Å². The SMILES string of the molecule is CCOc1cc(CNC(=NC)NCC(C)(C)c2cccs2)ccn1.I. The third-order valence-electron chi connectivity index (χ3n) is 3.66. The van der Waals surface area contributed by atoms with Crippen molar-refractivity contribution in [3.05, 3.63) is 46.3 Å². The largest absolute Gasteiger partial charge is 0.478 e. The molecule has 2 N–H and O–H groups in total. The van der Waals surface area contributed by atoms with Crippen molar-refractivity contribution in [3.8, 4) is 5.88 Å². The van der Waals surface area contributed by atoms with Crippen LogP contribution in [-0.2, 0) is 12.0 Å². The molecule has 0 radical (unpaired) electrons. The lowest BCUT2D eigenvalue weighted by molar-refractivity contribution is 0.326. The van der Waals surface area contributed by atoms with Gasteiger partial charge in [-0.3, -0.25) is 4.99 Å². The lowest BCUT2D eigenvalue weighted by Crippen LogP contribution is -2.42. The Bertz CT molecular complexity index is 659. The molecule has 138 valence electrons. The van der Waals surface area contributed by atoms with Crippen molar-refractivity contribution in [1.82, 2.24) is 15.6 Å². The standard InChI is InChI=1S/C18H26N4OS.HI/c1-5-23-16-11-14(8-9-20-16)12-21-17(19-4)22-13-18(2,3)15-7-6-10-24-15;/h6-11H,5,12-13H2,1-4H3,(H2,19,21,22);1H. The number of ether oxygens (including phenoxy) is 1. The third kappa shape index (κ3) is 6.81. The number of hydrogen-bond acceptors (Lipinski definition) is 4. The predicted molar refractivity (Wildman–Crippen MR) is 116 cm³/mol. The topological polar surface area (TPSA) is 58.5 Å². The molecule has 0 aromatic carbocycles. The molecule has 2 heterocycles. The average molecular weight is 474 g/mol. The summed E-state index contributed by atoms with van der Waals surface area (Å²) in [6.45, 7) is 8.51. The molecule has 0 unspecified atom stereocenters. The first-order valence-electron chi connectivity index (χ1n) is 8.11. The third-order valence-corrected chi connectivity index (χ3v) is 4.90. The first kappa shape index (κ1) is 21.7. The van der Waals surface area contributed by atoms with Crippen LogP contribution in [0.15, 0.2) is 40.8 Å². The molecule has 0 spiro atoms. The van der Waals surface area contributed by atoms with Crippen molar-refractivity contribution in [2.45, 2.75) is 32.7 Å². The van der Waals surface area contributed by atoms with E-state index in [9.17, 15) is 0 Å². The van der Waals surface area contributed by atoms with Crippen molar-refractivity contribution in [2.24, 2.45) is 4.99 Å². The molecule has 2 aromatic heterocycles. The molecule has 2 aromatic rings. The molecule has 0 bridgehead atoms. The Labute approximate surface area is 171 Å². The Balaban J connectivity index is 0.00000312. The molecule has 0 aliphatic rings. The maximum absolute atomic E-state index is 5.43. The monoisotopic (exact) mass is 474 g/mol. The van der Waals surface area contributed by atoms with E-state index >= 15 is 0 Å². The normalized spacial score (nSPS) is 11.6. The van der Waals surface area contributed by atoms with Gasteiger partial charge in [0.05, 0.1) is 6.61 Å². The van der Waals surface area contributed by atoms with Crippen molar-refractivity contribution < 1.29 is 4.74 Å². The van der Waals surface area contributed by atoms with Crippen LogP contribution in [0.3, 0.4) is 0 Å². The van der Waals surface area contributed by atoms with Gasteiger partial charge in [0.15, 0.2) is 5.96 Å². The Hall–Kier alpha value is -1.35. The van der Waals surface area contributed by atoms with E-state index in [1.54, 1.807) is 24.6 Å². The molecule has 7 heteroatoms. The van der Waals surface area contributed by atoms with Gasteiger partial charge in [0, 0.05) is 42.7 Å². The van der Waals surface area contributed by atoms with Gasteiger partial charge in [0.2, 0.25) is 5.88 Å². The highest BCUT2D eigenvalue weighted by atomic mass is 127. The van der Waals surface area contributed by atoms with E-state index in [-0.39, 0.29) is 29.4 Å². The molecule has 0 aliphatic carbocycles. The zero-order valence-corrected chi connectivity index (χ0v) is 18.4. The van der Waals surface area contributed by atoms with Crippen LogP contribution in [-0.4, -0.2) is 31.1 Å². The lowest BCUT2D eigenvalue weighted by Gasteiger charge is -2.25. The van der Waals surface area contributed by atoms with E-state index in [0.717, 1.165) is 18.1 Å². The zero-order chi connectivity index (χ0) is 17.4. The van der Waals surface area contributed by atoms with Gasteiger partial charge in [0.25, 0.3) is 0 Å². The van der Waals surface area contributed by atoms with E-state index in [1.165, 1.54) is 4.88 Å². The quantitative estimate of drug-likeness (QED) is 0.364. The van der Waals surface area contributed by atoms with E-state index in [0.29, 0.717) is 19.0 Å². The second kappa shape index (κ2) is 10.6. The maximum atomic E-state index is 5.43. The van der Waals surface area contributed by atoms with Gasteiger partial charge in [-0.05, 0) is 30.0 Å². The summed E-state index contributed by atoms with van der Waals surface area (Å²) in [6.07, 6.45) is 1.76. The molecular weight excluding hydrogens is 447 g/mol. The summed E-state index contributed by atoms with van der Waals surface area (Å²) in [5, 5.41) is 8.85. The Kier molecular flexibility index (Phi) is 9.20. The summed E-state index contributed by atoms with van der Waals surface area (Å²) < 4.78 is 5.43. The molecule has 0 fully saturated rings. The van der Waals surface area contributed by atoms with Crippen molar-refractivity contribution in [3.63, 3.8) is 0 Å². The van der Waals surface area contributed by atoms with Crippen LogP contribution >= 0.6 is 35.3 Å². The second-order valence-electron chi connectivity index (χ2n) is 6.08. The van der Waals surface area contributed by atoms with Crippen LogP contribution in [0.1, 0.15) is 31.2 Å². The predicted octanol–water partition coefficient (Wildman–Crippen LogP) is 3.80. The van der Waals surface area contributed by atoms with Crippen LogP contribution in [0.25, 0.3) is 0 Å². The number of aliphatic imine (C=N–C) groups is 1. The average Bonchev–Trinajstić information content (AvgIpc) is 3.11. The number of nitrogens with zero attached hydrogens (tertiary/aromatic N) is 2. The summed E-state index contributed by atoms with van der Waals surface area (Å²) in [4.78, 5) is 9.84. The van der Waals surface area contributed by atoms with Gasteiger partial charge in [0.1, 0.15) is 0 Å². The van der Waals surface area contributed by atoms with Gasteiger partial charge < -0.3 is 15.4 Å². The highest BCUT2D eigenvalue weighted by molar-refractivity contribution is 14.0. The van der Waals surface area contributed by atoms with Crippen LogP contribution in [0.4, 0.5) is 0 Å². The van der Waals surface area contributed by atoms with E-state index in [1.807, 2.05) is 19.1 Å². The summed E-state index contributed by atoms with van der Waals surface area (Å²) in [5.41, 5.74) is 1.17. The first-order valence-corrected chi connectivity index (χ1v) is 8.99. The number of nitrogens with one attached hydrogen (secondary N) is 2. The maximum Gasteiger partial charge on any atom is 0.213 e. The fourth-order valence-electron chi connectivity index (χ4n) is 2.25. The molecule has 0 amide bonds. The fourth-order valence-corrected chi connectivity index (χ4v) is 3.10. The lowest BCUT2D eigenvalue weighted by atomic mass is 9.91. The highest BCUT2D eigenvalue weighted by Crippen LogP contribution is 2.26. The van der Waals surface area contributed by atoms with Crippen LogP contribution in [0.5, 0.6) is 5.88 Å². The minimum Gasteiger partial charge on any atom is -0.478 e. The first-order chi connectivity index (χ1) is 11.5. The summed E-state index contributed by atoms with van der Waals surface area (Å²) >= 11 is 1.78. The number of rotatable bonds is 7. The van der Waals surface area contributed by atoms with Crippen LogP contribution in [0, 0.1) is 0 Å². The number of pyridine rings is 1. The van der Waals surface area contributed by atoms with Crippen molar-refractivity contribution >= 4 is 41.3 Å². The van der Waals surface area contributed by atoms with Crippen molar-refractivity contribution in [1.29, 1.82) is 0 Å².